The van der Waals surface area contributed by atoms with E-state index in [0.717, 1.165) is 12.5 Å². The molecule has 0 atom stereocenters. The van der Waals surface area contributed by atoms with E-state index in [-0.39, 0.29) is 0 Å². The molecule has 96 valence electrons. The third-order valence-corrected chi connectivity index (χ3v) is 2.09. The Hall–Kier alpha value is -1.20. The molecule has 0 aliphatic carbocycles. The smallest absolute Gasteiger partial charge is 0.128 e. The van der Waals surface area contributed by atoms with E-state index in [0.29, 0.717) is 32.1 Å². The number of rotatable bonds is 8. The summed E-state index contributed by atoms with van der Waals surface area (Å²) in [5.74, 6) is -1.16. The molecule has 3 nitrogen and oxygen atoms in total. The Kier molecular flexibility index (Phi) is 6.50. The molecule has 0 saturated carbocycles. The van der Waals surface area contributed by atoms with Gasteiger partial charge in [0.15, 0.2) is 0 Å². The van der Waals surface area contributed by atoms with Crippen molar-refractivity contribution in [2.75, 3.05) is 38.8 Å². The van der Waals surface area contributed by atoms with Crippen molar-refractivity contribution in [1.29, 1.82) is 0 Å². The van der Waals surface area contributed by atoms with E-state index >= 15 is 0 Å². The molecule has 1 rings (SSSR count). The van der Waals surface area contributed by atoms with Gasteiger partial charge in [-0.05, 0) is 18.6 Å². The molecule has 0 radical (unpaired) electrons. The predicted molar refractivity (Wildman–Crippen MR) is 62.2 cm³/mol. The van der Waals surface area contributed by atoms with Crippen LogP contribution in [0.5, 0.6) is 0 Å². The minimum Gasteiger partial charge on any atom is -0.385 e. The van der Waals surface area contributed by atoms with E-state index in [1.807, 2.05) is 0 Å². The fourth-order valence-electron chi connectivity index (χ4n) is 1.31. The van der Waals surface area contributed by atoms with Gasteiger partial charge in [0.25, 0.3) is 0 Å². The van der Waals surface area contributed by atoms with Crippen molar-refractivity contribution >= 4 is 5.69 Å². The molecule has 0 fully saturated rings. The van der Waals surface area contributed by atoms with Crippen LogP contribution in [0.15, 0.2) is 18.2 Å². The van der Waals surface area contributed by atoms with E-state index in [1.165, 1.54) is 12.1 Å². The van der Waals surface area contributed by atoms with Gasteiger partial charge in [-0.3, -0.25) is 0 Å². The number of hydrogen-bond acceptors (Lipinski definition) is 3. The summed E-state index contributed by atoms with van der Waals surface area (Å²) in [5.41, 5.74) is 0.444. The highest BCUT2D eigenvalue weighted by Gasteiger charge is 1.99. The SMILES string of the molecule is COCCOCCCNc1cc(F)cc(F)c1. The highest BCUT2D eigenvalue weighted by Crippen LogP contribution is 2.12. The molecule has 0 aromatic heterocycles. The molecule has 5 heteroatoms. The van der Waals surface area contributed by atoms with Gasteiger partial charge in [-0.2, -0.15) is 0 Å². The van der Waals surface area contributed by atoms with Crippen molar-refractivity contribution in [3.8, 4) is 0 Å². The number of nitrogens with one attached hydrogen (secondary N) is 1. The minimum absolute atomic E-state index is 0.444. The highest BCUT2D eigenvalue weighted by atomic mass is 19.1. The maximum atomic E-state index is 12.8. The lowest BCUT2D eigenvalue weighted by molar-refractivity contribution is 0.0705. The number of hydrogen-bond donors (Lipinski definition) is 1. The van der Waals surface area contributed by atoms with Gasteiger partial charge < -0.3 is 14.8 Å². The Morgan fingerprint density at radius 2 is 1.76 bits per heavy atom. The maximum absolute atomic E-state index is 12.8. The lowest BCUT2D eigenvalue weighted by Crippen LogP contribution is -2.08. The van der Waals surface area contributed by atoms with Gasteiger partial charge in [0, 0.05) is 32.0 Å². The van der Waals surface area contributed by atoms with E-state index in [9.17, 15) is 8.78 Å². The fraction of sp³-hybridized carbons (Fsp3) is 0.500. The first-order valence-electron chi connectivity index (χ1n) is 5.49. The summed E-state index contributed by atoms with van der Waals surface area (Å²) in [6.07, 6.45) is 0.766. The summed E-state index contributed by atoms with van der Waals surface area (Å²) >= 11 is 0. The molecule has 0 spiro atoms. The second kappa shape index (κ2) is 7.97. The summed E-state index contributed by atoms with van der Waals surface area (Å²) in [4.78, 5) is 0. The Morgan fingerprint density at radius 1 is 1.06 bits per heavy atom. The van der Waals surface area contributed by atoms with Crippen LogP contribution in [0.3, 0.4) is 0 Å². The van der Waals surface area contributed by atoms with Crippen molar-refractivity contribution in [2.24, 2.45) is 0 Å². The monoisotopic (exact) mass is 245 g/mol. The van der Waals surface area contributed by atoms with Crippen LogP contribution >= 0.6 is 0 Å². The van der Waals surface area contributed by atoms with Crippen molar-refractivity contribution in [3.05, 3.63) is 29.8 Å². The highest BCUT2D eigenvalue weighted by molar-refractivity contribution is 5.43. The number of methoxy groups -OCH3 is 1. The molecule has 0 aliphatic heterocycles. The second-order valence-corrected chi connectivity index (χ2v) is 3.54. The molecule has 0 amide bonds. The normalized spacial score (nSPS) is 10.5. The number of halogens is 2. The molecule has 0 aliphatic rings. The first kappa shape index (κ1) is 13.9. The largest absolute Gasteiger partial charge is 0.385 e. The van der Waals surface area contributed by atoms with Gasteiger partial charge in [0.05, 0.1) is 13.2 Å². The van der Waals surface area contributed by atoms with Gasteiger partial charge >= 0.3 is 0 Å². The van der Waals surface area contributed by atoms with Gasteiger partial charge in [0.1, 0.15) is 11.6 Å². The Balaban J connectivity index is 2.13. The molecule has 0 saturated heterocycles. The van der Waals surface area contributed by atoms with E-state index in [4.69, 9.17) is 9.47 Å². The van der Waals surface area contributed by atoms with Crippen LogP contribution in [-0.4, -0.2) is 33.5 Å². The average molecular weight is 245 g/mol. The van der Waals surface area contributed by atoms with Gasteiger partial charge in [-0.15, -0.1) is 0 Å². The van der Waals surface area contributed by atoms with Crippen LogP contribution in [0.1, 0.15) is 6.42 Å². The molecule has 1 aromatic carbocycles. The van der Waals surface area contributed by atoms with Crippen LogP contribution in [-0.2, 0) is 9.47 Å². The van der Waals surface area contributed by atoms with Crippen molar-refractivity contribution in [1.82, 2.24) is 0 Å². The first-order chi connectivity index (χ1) is 8.22. The van der Waals surface area contributed by atoms with Crippen LogP contribution in [0, 0.1) is 11.6 Å². The van der Waals surface area contributed by atoms with Gasteiger partial charge in [-0.25, -0.2) is 8.78 Å². The molecule has 17 heavy (non-hydrogen) atoms. The lowest BCUT2D eigenvalue weighted by Gasteiger charge is -2.07. The van der Waals surface area contributed by atoms with E-state index in [2.05, 4.69) is 5.32 Å². The molecular formula is C12H17F2NO2. The topological polar surface area (TPSA) is 30.5 Å². The standard InChI is InChI=1S/C12H17F2NO2/c1-16-5-6-17-4-2-3-15-12-8-10(13)7-11(14)9-12/h7-9,15H,2-6H2,1H3. The molecule has 1 N–H and O–H groups in total. The number of benzene rings is 1. The zero-order valence-electron chi connectivity index (χ0n) is 9.84. The Labute approximate surface area is 99.7 Å². The average Bonchev–Trinajstić information content (AvgIpc) is 2.26. The van der Waals surface area contributed by atoms with E-state index < -0.39 is 11.6 Å². The zero-order valence-corrected chi connectivity index (χ0v) is 9.84. The van der Waals surface area contributed by atoms with Crippen molar-refractivity contribution in [3.63, 3.8) is 0 Å². The first-order valence-corrected chi connectivity index (χ1v) is 5.49. The van der Waals surface area contributed by atoms with Crippen LogP contribution in [0.4, 0.5) is 14.5 Å². The van der Waals surface area contributed by atoms with E-state index in [1.54, 1.807) is 7.11 Å². The molecule has 0 heterocycles. The minimum atomic E-state index is -0.580. The lowest BCUT2D eigenvalue weighted by atomic mass is 10.3. The predicted octanol–water partition coefficient (Wildman–Crippen LogP) is 2.43. The third-order valence-electron chi connectivity index (χ3n) is 2.09. The number of anilines is 1. The van der Waals surface area contributed by atoms with Crippen molar-refractivity contribution < 1.29 is 18.3 Å². The van der Waals surface area contributed by atoms with Gasteiger partial charge in [-0.1, -0.05) is 0 Å². The molecule has 1 aromatic rings. The Morgan fingerprint density at radius 3 is 2.41 bits per heavy atom. The summed E-state index contributed by atoms with van der Waals surface area (Å²) in [6.45, 7) is 2.33. The number of ether oxygens (including phenoxy) is 2. The van der Waals surface area contributed by atoms with Crippen LogP contribution in [0.2, 0.25) is 0 Å². The van der Waals surface area contributed by atoms with Crippen LogP contribution < -0.4 is 5.32 Å². The van der Waals surface area contributed by atoms with Crippen LogP contribution in [0.25, 0.3) is 0 Å². The molecular weight excluding hydrogens is 228 g/mol. The van der Waals surface area contributed by atoms with Crippen molar-refractivity contribution in [2.45, 2.75) is 6.42 Å². The summed E-state index contributed by atoms with van der Waals surface area (Å²) in [7, 11) is 1.61. The van der Waals surface area contributed by atoms with Gasteiger partial charge in [0.2, 0.25) is 0 Å². The zero-order chi connectivity index (χ0) is 12.5. The molecule has 0 unspecified atom stereocenters. The Bertz CT molecular complexity index is 314. The summed E-state index contributed by atoms with van der Waals surface area (Å²) in [6, 6.07) is 3.36. The summed E-state index contributed by atoms with van der Waals surface area (Å²) < 4.78 is 35.7. The second-order valence-electron chi connectivity index (χ2n) is 3.54. The fourth-order valence-corrected chi connectivity index (χ4v) is 1.31. The molecule has 0 bridgehead atoms. The third kappa shape index (κ3) is 6.19. The quantitative estimate of drug-likeness (QED) is 0.713. The summed E-state index contributed by atoms with van der Waals surface area (Å²) in [5, 5.41) is 2.93. The maximum Gasteiger partial charge on any atom is 0.128 e.